The predicted molar refractivity (Wildman–Crippen MR) is 117 cm³/mol. The summed E-state index contributed by atoms with van der Waals surface area (Å²) in [5.41, 5.74) is 5.41. The maximum Gasteiger partial charge on any atom is 0.144 e. The summed E-state index contributed by atoms with van der Waals surface area (Å²) >= 11 is 0. The number of benzene rings is 2. The van der Waals surface area contributed by atoms with E-state index >= 15 is 0 Å². The number of hydrogen-bond donors (Lipinski definition) is 0. The van der Waals surface area contributed by atoms with E-state index in [0.29, 0.717) is 12.6 Å². The monoisotopic (exact) mass is 375 g/mol. The molecule has 3 rings (SSSR count). The molecule has 0 amide bonds. The summed E-state index contributed by atoms with van der Waals surface area (Å²) in [6.07, 6.45) is 4.86. The van der Waals surface area contributed by atoms with E-state index < -0.39 is 7.14 Å². The van der Waals surface area contributed by atoms with E-state index in [1.54, 1.807) is 6.20 Å². The largest absolute Gasteiger partial charge is 0.314 e. The molecule has 3 aromatic rings. The predicted octanol–water partition coefficient (Wildman–Crippen LogP) is 5.21. The zero-order chi connectivity index (χ0) is 19.4. The molecule has 0 aliphatic carbocycles. The van der Waals surface area contributed by atoms with Gasteiger partial charge in [-0.2, -0.15) is 0 Å². The van der Waals surface area contributed by atoms with E-state index in [4.69, 9.17) is 0 Å². The minimum absolute atomic E-state index is 0.572. The highest BCUT2D eigenvalue weighted by Gasteiger charge is 2.30. The number of pyridine rings is 1. The van der Waals surface area contributed by atoms with Gasteiger partial charge in [0.1, 0.15) is 7.14 Å². The van der Waals surface area contributed by atoms with E-state index in [1.165, 1.54) is 5.56 Å². The van der Waals surface area contributed by atoms with Crippen molar-refractivity contribution in [1.82, 2.24) is 4.98 Å². The van der Waals surface area contributed by atoms with Crippen LogP contribution in [0.5, 0.6) is 0 Å². The minimum atomic E-state index is -2.79. The molecule has 0 saturated carbocycles. The molecular weight excluding hydrogens is 349 g/mol. The molecule has 1 heterocycles. The normalized spacial score (nSPS) is 13.1. The van der Waals surface area contributed by atoms with Crippen molar-refractivity contribution < 1.29 is 4.57 Å². The van der Waals surface area contributed by atoms with E-state index in [-0.39, 0.29) is 0 Å². The lowest BCUT2D eigenvalue weighted by Crippen LogP contribution is -2.24. The highest BCUT2D eigenvalue weighted by molar-refractivity contribution is 7.78. The average Bonchev–Trinajstić information content (AvgIpc) is 2.66. The first-order valence-electron chi connectivity index (χ1n) is 9.24. The maximum atomic E-state index is 14.5. The summed E-state index contributed by atoms with van der Waals surface area (Å²) in [7, 11) is -2.79. The Bertz CT molecular complexity index is 968. The Labute approximate surface area is 162 Å². The Morgan fingerprint density at radius 3 is 2.22 bits per heavy atom. The number of nitrogens with zero attached hydrogens (tertiary/aromatic N) is 1. The molecule has 1 aromatic heterocycles. The summed E-state index contributed by atoms with van der Waals surface area (Å²) in [6.45, 7) is 10.0. The van der Waals surface area contributed by atoms with E-state index in [2.05, 4.69) is 44.5 Å². The van der Waals surface area contributed by atoms with Gasteiger partial charge in [0.05, 0.1) is 0 Å². The Morgan fingerprint density at radius 2 is 1.67 bits per heavy atom. The molecule has 0 unspecified atom stereocenters. The fraction of sp³-hybridized carbons (Fsp3) is 0.208. The molecule has 0 fully saturated rings. The zero-order valence-corrected chi connectivity index (χ0v) is 17.2. The third kappa shape index (κ3) is 4.12. The van der Waals surface area contributed by atoms with Crippen LogP contribution in [-0.2, 0) is 11.0 Å². The van der Waals surface area contributed by atoms with Crippen molar-refractivity contribution in [3.05, 3.63) is 95.3 Å². The lowest BCUT2D eigenvalue weighted by atomic mass is 10.1. The van der Waals surface area contributed by atoms with Crippen LogP contribution in [0.25, 0.3) is 6.08 Å². The summed E-state index contributed by atoms with van der Waals surface area (Å²) in [4.78, 5) is 4.42. The molecule has 0 spiro atoms. The number of rotatable bonds is 6. The summed E-state index contributed by atoms with van der Waals surface area (Å²) in [6, 6.07) is 18.1. The number of aromatic nitrogens is 1. The summed E-state index contributed by atoms with van der Waals surface area (Å²) in [5.74, 6) is 0. The Hall–Kier alpha value is -2.44. The van der Waals surface area contributed by atoms with Crippen molar-refractivity contribution in [2.75, 3.05) is 6.16 Å². The standard InChI is InChI=1S/C24H26NOP/c1-5-21-9-11-23(12-10-21)27(26,15-13-22-8-6-7-14-25-22)24-19(3)16-18(2)17-20(24)4/h5-12,14,16-17H,1,13,15H2,2-4H3/t27-/m1/s1. The van der Waals surface area contributed by atoms with Crippen LogP contribution in [0.1, 0.15) is 27.9 Å². The molecular formula is C24H26NOP. The maximum absolute atomic E-state index is 14.5. The molecule has 3 heteroatoms. The molecule has 2 nitrogen and oxygen atoms in total. The Morgan fingerprint density at radius 1 is 1.00 bits per heavy atom. The van der Waals surface area contributed by atoms with Crippen LogP contribution in [0.3, 0.4) is 0 Å². The van der Waals surface area contributed by atoms with Crippen molar-refractivity contribution in [3.8, 4) is 0 Å². The van der Waals surface area contributed by atoms with Gasteiger partial charge in [0.2, 0.25) is 0 Å². The van der Waals surface area contributed by atoms with E-state index in [9.17, 15) is 4.57 Å². The highest BCUT2D eigenvalue weighted by Crippen LogP contribution is 2.46. The first-order valence-corrected chi connectivity index (χ1v) is 11.1. The van der Waals surface area contributed by atoms with Gasteiger partial charge in [-0.3, -0.25) is 4.98 Å². The van der Waals surface area contributed by atoms with Gasteiger partial charge in [0.15, 0.2) is 0 Å². The highest BCUT2D eigenvalue weighted by atomic mass is 31.2. The molecule has 0 N–H and O–H groups in total. The second-order valence-electron chi connectivity index (χ2n) is 7.08. The van der Waals surface area contributed by atoms with Crippen molar-refractivity contribution in [2.45, 2.75) is 27.2 Å². The lowest BCUT2D eigenvalue weighted by Gasteiger charge is -2.24. The first kappa shape index (κ1) is 19.3. The molecule has 138 valence electrons. The fourth-order valence-corrected chi connectivity index (χ4v) is 6.96. The molecule has 0 bridgehead atoms. The second kappa shape index (κ2) is 8.06. The van der Waals surface area contributed by atoms with Crippen LogP contribution in [0.4, 0.5) is 0 Å². The average molecular weight is 375 g/mol. The SMILES string of the molecule is C=Cc1ccc([P@](=O)(CCc2ccccn2)c2c(C)cc(C)cc2C)cc1. The molecule has 27 heavy (non-hydrogen) atoms. The van der Waals surface area contributed by atoms with Crippen LogP contribution in [0.15, 0.2) is 67.4 Å². The summed E-state index contributed by atoms with van der Waals surface area (Å²) in [5, 5.41) is 1.90. The molecule has 0 radical (unpaired) electrons. The van der Waals surface area contributed by atoms with Gasteiger partial charge in [0.25, 0.3) is 0 Å². The first-order chi connectivity index (χ1) is 12.9. The van der Waals surface area contributed by atoms with Crippen LogP contribution >= 0.6 is 7.14 Å². The third-order valence-electron chi connectivity index (χ3n) is 4.95. The quantitative estimate of drug-likeness (QED) is 0.554. The number of aryl methyl sites for hydroxylation is 4. The lowest BCUT2D eigenvalue weighted by molar-refractivity contribution is 0.586. The number of hydrogen-bond acceptors (Lipinski definition) is 2. The Kier molecular flexibility index (Phi) is 5.77. The fourth-order valence-electron chi connectivity index (χ4n) is 3.78. The van der Waals surface area contributed by atoms with Crippen molar-refractivity contribution in [3.63, 3.8) is 0 Å². The van der Waals surface area contributed by atoms with Gasteiger partial charge in [0, 0.05) is 28.7 Å². The van der Waals surface area contributed by atoms with Crippen LogP contribution in [-0.4, -0.2) is 11.1 Å². The topological polar surface area (TPSA) is 30.0 Å². The van der Waals surface area contributed by atoms with Crippen molar-refractivity contribution in [2.24, 2.45) is 0 Å². The van der Waals surface area contributed by atoms with Crippen LogP contribution < -0.4 is 10.6 Å². The third-order valence-corrected chi connectivity index (χ3v) is 8.36. The van der Waals surface area contributed by atoms with Gasteiger partial charge >= 0.3 is 0 Å². The van der Waals surface area contributed by atoms with Gasteiger partial charge in [-0.1, -0.05) is 60.7 Å². The molecule has 0 saturated heterocycles. The van der Waals surface area contributed by atoms with Crippen LogP contribution in [0, 0.1) is 20.8 Å². The van der Waals surface area contributed by atoms with Gasteiger partial charge in [-0.15, -0.1) is 0 Å². The van der Waals surface area contributed by atoms with E-state index in [1.807, 2.05) is 48.5 Å². The minimum Gasteiger partial charge on any atom is -0.314 e. The van der Waals surface area contributed by atoms with E-state index in [0.717, 1.165) is 33.0 Å². The molecule has 0 aliphatic heterocycles. The Balaban J connectivity index is 2.10. The molecule has 2 aromatic carbocycles. The molecule has 1 atom stereocenters. The van der Waals surface area contributed by atoms with Crippen molar-refractivity contribution >= 4 is 23.8 Å². The smallest absolute Gasteiger partial charge is 0.144 e. The summed E-state index contributed by atoms with van der Waals surface area (Å²) < 4.78 is 14.5. The van der Waals surface area contributed by atoms with Crippen molar-refractivity contribution in [1.29, 1.82) is 0 Å². The van der Waals surface area contributed by atoms with Crippen LogP contribution in [0.2, 0.25) is 0 Å². The molecule has 0 aliphatic rings. The second-order valence-corrected chi connectivity index (χ2v) is 9.97. The van der Waals surface area contributed by atoms with Gasteiger partial charge in [-0.05, 0) is 56.0 Å². The zero-order valence-electron chi connectivity index (χ0n) is 16.3. The van der Waals surface area contributed by atoms with Gasteiger partial charge < -0.3 is 4.57 Å². The van der Waals surface area contributed by atoms with Gasteiger partial charge in [-0.25, -0.2) is 0 Å².